The third kappa shape index (κ3) is 2.99. The number of nitrogens with zero attached hydrogens (tertiary/aromatic N) is 2. The molecule has 1 aromatic rings. The van der Waals surface area contributed by atoms with Gasteiger partial charge in [-0.3, -0.25) is 9.80 Å². The quantitative estimate of drug-likeness (QED) is 0.885. The first-order valence-electron chi connectivity index (χ1n) is 7.45. The van der Waals surface area contributed by atoms with Gasteiger partial charge in [0, 0.05) is 51.9 Å². The molecule has 19 heavy (non-hydrogen) atoms. The molecule has 1 N–H and O–H groups in total. The molecule has 3 rings (SSSR count). The van der Waals surface area contributed by atoms with Gasteiger partial charge in [0.15, 0.2) is 0 Å². The van der Waals surface area contributed by atoms with Gasteiger partial charge in [-0.15, -0.1) is 0 Å². The minimum atomic E-state index is 0.809. The SMILES string of the molecule is Cc1ccc(CN2CCN(C3CNC3)CC2)cc1C. The summed E-state index contributed by atoms with van der Waals surface area (Å²) in [6.07, 6.45) is 0. The lowest BCUT2D eigenvalue weighted by Crippen LogP contribution is -2.61. The average Bonchev–Trinajstić information content (AvgIpc) is 2.34. The smallest absolute Gasteiger partial charge is 0.0346 e. The second-order valence-electron chi connectivity index (χ2n) is 6.04. The molecule has 0 unspecified atom stereocenters. The summed E-state index contributed by atoms with van der Waals surface area (Å²) in [4.78, 5) is 5.24. The van der Waals surface area contributed by atoms with Crippen LogP contribution in [0.5, 0.6) is 0 Å². The Bertz CT molecular complexity index is 432. The van der Waals surface area contributed by atoms with Gasteiger partial charge in [-0.05, 0) is 30.5 Å². The zero-order valence-electron chi connectivity index (χ0n) is 12.2. The maximum Gasteiger partial charge on any atom is 0.0346 e. The molecule has 0 bridgehead atoms. The van der Waals surface area contributed by atoms with Gasteiger partial charge in [0.05, 0.1) is 0 Å². The summed E-state index contributed by atoms with van der Waals surface area (Å²) < 4.78 is 0. The van der Waals surface area contributed by atoms with E-state index in [1.807, 2.05) is 0 Å². The van der Waals surface area contributed by atoms with Crippen molar-refractivity contribution in [3.8, 4) is 0 Å². The summed E-state index contributed by atoms with van der Waals surface area (Å²) >= 11 is 0. The van der Waals surface area contributed by atoms with E-state index in [0.717, 1.165) is 12.6 Å². The largest absolute Gasteiger partial charge is 0.314 e. The number of piperazine rings is 1. The van der Waals surface area contributed by atoms with Crippen LogP contribution in [-0.4, -0.2) is 55.1 Å². The highest BCUT2D eigenvalue weighted by Gasteiger charge is 2.27. The van der Waals surface area contributed by atoms with Gasteiger partial charge < -0.3 is 5.32 Å². The first kappa shape index (κ1) is 13.1. The highest BCUT2D eigenvalue weighted by atomic mass is 15.3. The molecule has 0 aliphatic carbocycles. The van der Waals surface area contributed by atoms with Gasteiger partial charge in [0.1, 0.15) is 0 Å². The Balaban J connectivity index is 1.52. The van der Waals surface area contributed by atoms with E-state index in [1.165, 1.54) is 56.0 Å². The van der Waals surface area contributed by atoms with Crippen molar-refractivity contribution < 1.29 is 0 Å². The van der Waals surface area contributed by atoms with E-state index in [4.69, 9.17) is 0 Å². The van der Waals surface area contributed by atoms with Crippen molar-refractivity contribution in [3.05, 3.63) is 34.9 Å². The normalized spacial score (nSPS) is 22.4. The minimum Gasteiger partial charge on any atom is -0.314 e. The summed E-state index contributed by atoms with van der Waals surface area (Å²) in [5.41, 5.74) is 4.27. The Morgan fingerprint density at radius 2 is 1.79 bits per heavy atom. The van der Waals surface area contributed by atoms with Crippen molar-refractivity contribution in [1.29, 1.82) is 0 Å². The molecule has 2 heterocycles. The number of nitrogens with one attached hydrogen (secondary N) is 1. The maximum absolute atomic E-state index is 3.37. The molecule has 0 atom stereocenters. The average molecular weight is 259 g/mol. The highest BCUT2D eigenvalue weighted by molar-refractivity contribution is 5.29. The number of hydrogen-bond acceptors (Lipinski definition) is 3. The first-order chi connectivity index (χ1) is 9.22. The lowest BCUT2D eigenvalue weighted by Gasteiger charge is -2.43. The molecule has 0 aromatic heterocycles. The van der Waals surface area contributed by atoms with Crippen LogP contribution in [0.4, 0.5) is 0 Å². The van der Waals surface area contributed by atoms with Gasteiger partial charge in [-0.2, -0.15) is 0 Å². The Morgan fingerprint density at radius 1 is 1.05 bits per heavy atom. The number of aryl methyl sites for hydroxylation is 2. The molecule has 2 fully saturated rings. The third-order valence-corrected chi connectivity index (χ3v) is 4.66. The highest BCUT2D eigenvalue weighted by Crippen LogP contribution is 2.15. The molecule has 0 saturated carbocycles. The molecule has 0 spiro atoms. The fraction of sp³-hybridized carbons (Fsp3) is 0.625. The van der Waals surface area contributed by atoms with E-state index in [2.05, 4.69) is 47.2 Å². The molecule has 1 aromatic carbocycles. The van der Waals surface area contributed by atoms with E-state index in [0.29, 0.717) is 0 Å². The van der Waals surface area contributed by atoms with Crippen molar-refractivity contribution >= 4 is 0 Å². The van der Waals surface area contributed by atoms with Crippen LogP contribution in [-0.2, 0) is 6.54 Å². The van der Waals surface area contributed by atoms with Crippen LogP contribution in [0.25, 0.3) is 0 Å². The topological polar surface area (TPSA) is 18.5 Å². The van der Waals surface area contributed by atoms with Crippen LogP contribution in [0.1, 0.15) is 16.7 Å². The van der Waals surface area contributed by atoms with Gasteiger partial charge >= 0.3 is 0 Å². The summed E-state index contributed by atoms with van der Waals surface area (Å²) in [6, 6.07) is 7.69. The molecule has 2 saturated heterocycles. The fourth-order valence-corrected chi connectivity index (χ4v) is 2.98. The van der Waals surface area contributed by atoms with Crippen LogP contribution in [0.3, 0.4) is 0 Å². The summed E-state index contributed by atoms with van der Waals surface area (Å²) in [6.45, 7) is 12.8. The van der Waals surface area contributed by atoms with Gasteiger partial charge in [0.2, 0.25) is 0 Å². The Morgan fingerprint density at radius 3 is 2.37 bits per heavy atom. The molecular formula is C16H25N3. The zero-order chi connectivity index (χ0) is 13.2. The van der Waals surface area contributed by atoms with Gasteiger partial charge in [-0.25, -0.2) is 0 Å². The molecule has 0 radical (unpaired) electrons. The fourth-order valence-electron chi connectivity index (χ4n) is 2.98. The van der Waals surface area contributed by atoms with E-state index in [1.54, 1.807) is 0 Å². The van der Waals surface area contributed by atoms with Crippen molar-refractivity contribution in [1.82, 2.24) is 15.1 Å². The predicted octanol–water partition coefficient (Wildman–Crippen LogP) is 1.39. The van der Waals surface area contributed by atoms with Crippen LogP contribution < -0.4 is 5.32 Å². The second kappa shape index (κ2) is 5.61. The molecule has 104 valence electrons. The number of rotatable bonds is 3. The van der Waals surface area contributed by atoms with Gasteiger partial charge in [-0.1, -0.05) is 18.2 Å². The van der Waals surface area contributed by atoms with Crippen molar-refractivity contribution in [3.63, 3.8) is 0 Å². The molecule has 2 aliphatic heterocycles. The Kier molecular flexibility index (Phi) is 3.87. The second-order valence-corrected chi connectivity index (χ2v) is 6.04. The van der Waals surface area contributed by atoms with E-state index in [9.17, 15) is 0 Å². The van der Waals surface area contributed by atoms with E-state index >= 15 is 0 Å². The van der Waals surface area contributed by atoms with Crippen molar-refractivity contribution in [2.45, 2.75) is 26.4 Å². The Hall–Kier alpha value is -0.900. The Labute approximate surface area is 116 Å². The van der Waals surface area contributed by atoms with Crippen molar-refractivity contribution in [2.24, 2.45) is 0 Å². The number of hydrogen-bond donors (Lipinski definition) is 1. The zero-order valence-corrected chi connectivity index (χ0v) is 12.2. The number of benzene rings is 1. The monoisotopic (exact) mass is 259 g/mol. The minimum absolute atomic E-state index is 0.809. The van der Waals surface area contributed by atoms with Gasteiger partial charge in [0.25, 0.3) is 0 Å². The summed E-state index contributed by atoms with van der Waals surface area (Å²) in [5.74, 6) is 0. The van der Waals surface area contributed by atoms with E-state index < -0.39 is 0 Å². The summed E-state index contributed by atoms with van der Waals surface area (Å²) in [7, 11) is 0. The summed E-state index contributed by atoms with van der Waals surface area (Å²) in [5, 5.41) is 3.37. The third-order valence-electron chi connectivity index (χ3n) is 4.66. The van der Waals surface area contributed by atoms with Crippen molar-refractivity contribution in [2.75, 3.05) is 39.3 Å². The lowest BCUT2D eigenvalue weighted by molar-refractivity contribution is 0.0695. The molecule has 3 heteroatoms. The molecule has 0 amide bonds. The predicted molar refractivity (Wildman–Crippen MR) is 79.4 cm³/mol. The maximum atomic E-state index is 3.37. The van der Waals surface area contributed by atoms with Crippen LogP contribution in [0.15, 0.2) is 18.2 Å². The molecule has 3 nitrogen and oxygen atoms in total. The first-order valence-corrected chi connectivity index (χ1v) is 7.45. The lowest BCUT2D eigenvalue weighted by atomic mass is 10.1. The standard InChI is InChI=1S/C16H25N3/c1-13-3-4-15(9-14(13)2)12-18-5-7-19(8-6-18)16-10-17-11-16/h3-4,9,16-17H,5-8,10-12H2,1-2H3. The van der Waals surface area contributed by atoms with E-state index in [-0.39, 0.29) is 0 Å². The van der Waals surface area contributed by atoms with Crippen LogP contribution >= 0.6 is 0 Å². The molecule has 2 aliphatic rings. The van der Waals surface area contributed by atoms with Crippen LogP contribution in [0, 0.1) is 13.8 Å². The molecular weight excluding hydrogens is 234 g/mol. The van der Waals surface area contributed by atoms with Crippen LogP contribution in [0.2, 0.25) is 0 Å².